The van der Waals surface area contributed by atoms with Crippen molar-refractivity contribution in [2.75, 3.05) is 10.6 Å². The molecule has 4 rings (SSSR count). The minimum Gasteiger partial charge on any atom is -0.459 e. The summed E-state index contributed by atoms with van der Waals surface area (Å²) in [5, 5.41) is 10.7. The van der Waals surface area contributed by atoms with Gasteiger partial charge < -0.3 is 15.1 Å². The first-order chi connectivity index (χ1) is 13.9. The van der Waals surface area contributed by atoms with Gasteiger partial charge in [0.1, 0.15) is 0 Å². The molecule has 2 N–H and O–H groups in total. The van der Waals surface area contributed by atoms with Gasteiger partial charge >= 0.3 is 0 Å². The Morgan fingerprint density at radius 3 is 2.41 bits per heavy atom. The molecule has 0 spiro atoms. The highest BCUT2D eigenvalue weighted by molar-refractivity contribution is 6.13. The largest absolute Gasteiger partial charge is 0.459 e. The van der Waals surface area contributed by atoms with Gasteiger partial charge in [-0.25, -0.2) is 4.98 Å². The number of anilines is 2. The molecule has 0 aliphatic carbocycles. The molecular formula is C21H19N5O3. The summed E-state index contributed by atoms with van der Waals surface area (Å²) in [5.41, 5.74) is 3.72. The summed E-state index contributed by atoms with van der Waals surface area (Å²) < 4.78 is 6.76. The molecule has 3 heterocycles. The summed E-state index contributed by atoms with van der Waals surface area (Å²) in [6.07, 6.45) is 1.43. The summed E-state index contributed by atoms with van der Waals surface area (Å²) in [4.78, 5) is 29.6. The molecule has 3 aromatic heterocycles. The first kappa shape index (κ1) is 18.4. The summed E-state index contributed by atoms with van der Waals surface area (Å²) in [6, 6.07) is 11.9. The molecule has 0 unspecified atom stereocenters. The zero-order chi connectivity index (χ0) is 20.5. The van der Waals surface area contributed by atoms with E-state index in [2.05, 4.69) is 20.7 Å². The number of nitrogens with zero attached hydrogens (tertiary/aromatic N) is 3. The van der Waals surface area contributed by atoms with Gasteiger partial charge in [0.2, 0.25) is 0 Å². The lowest BCUT2D eigenvalue weighted by atomic mass is 10.1. The molecule has 1 aromatic carbocycles. The molecule has 2 amide bonds. The van der Waals surface area contributed by atoms with E-state index in [1.807, 2.05) is 13.8 Å². The standard InChI is InChI=1S/C21H19N5O3/c1-12-10-16(18-13(2)25-26(3)19(18)22-12)20(27)23-14-6-4-7-15(11-14)24-21(28)17-8-5-9-29-17/h4-11H,1-3H3,(H,23,27)(H,24,28). The first-order valence-electron chi connectivity index (χ1n) is 8.99. The lowest BCUT2D eigenvalue weighted by Crippen LogP contribution is -2.14. The number of carbonyl (C=O) groups excluding carboxylic acids is 2. The Morgan fingerprint density at radius 2 is 1.72 bits per heavy atom. The second-order valence-corrected chi connectivity index (χ2v) is 6.69. The van der Waals surface area contributed by atoms with Crippen LogP contribution in [0.5, 0.6) is 0 Å². The average Bonchev–Trinajstić information content (AvgIpc) is 3.30. The van der Waals surface area contributed by atoms with Crippen LogP contribution in [0, 0.1) is 13.8 Å². The maximum atomic E-state index is 13.0. The molecule has 0 fully saturated rings. The topological polar surface area (TPSA) is 102 Å². The Balaban J connectivity index is 1.60. The minimum absolute atomic E-state index is 0.209. The number of rotatable bonds is 4. The fourth-order valence-electron chi connectivity index (χ4n) is 3.22. The van der Waals surface area contributed by atoms with Crippen LogP contribution in [0.25, 0.3) is 11.0 Å². The van der Waals surface area contributed by atoms with Crippen molar-refractivity contribution in [3.05, 3.63) is 71.4 Å². The zero-order valence-electron chi connectivity index (χ0n) is 16.2. The molecule has 0 saturated carbocycles. The molecule has 0 atom stereocenters. The second-order valence-electron chi connectivity index (χ2n) is 6.69. The predicted octanol–water partition coefficient (Wildman–Crippen LogP) is 3.68. The number of furan rings is 1. The Morgan fingerprint density at radius 1 is 1.00 bits per heavy atom. The number of hydrogen-bond acceptors (Lipinski definition) is 5. The maximum absolute atomic E-state index is 13.0. The molecule has 0 aliphatic heterocycles. The van der Waals surface area contributed by atoms with Gasteiger partial charge in [0.15, 0.2) is 11.4 Å². The fraction of sp³-hybridized carbons (Fsp3) is 0.143. The number of pyridine rings is 1. The van der Waals surface area contributed by atoms with Crippen molar-refractivity contribution >= 4 is 34.2 Å². The van der Waals surface area contributed by atoms with E-state index in [4.69, 9.17) is 4.42 Å². The zero-order valence-corrected chi connectivity index (χ0v) is 16.2. The monoisotopic (exact) mass is 389 g/mol. The van der Waals surface area contributed by atoms with Gasteiger partial charge in [-0.1, -0.05) is 6.07 Å². The van der Waals surface area contributed by atoms with E-state index in [-0.39, 0.29) is 17.6 Å². The van der Waals surface area contributed by atoms with Crippen LogP contribution in [0.2, 0.25) is 0 Å². The smallest absolute Gasteiger partial charge is 0.291 e. The molecule has 0 radical (unpaired) electrons. The lowest BCUT2D eigenvalue weighted by Gasteiger charge is -2.10. The van der Waals surface area contributed by atoms with E-state index >= 15 is 0 Å². The Labute approximate surface area is 166 Å². The molecule has 29 heavy (non-hydrogen) atoms. The van der Waals surface area contributed by atoms with Crippen LogP contribution < -0.4 is 10.6 Å². The normalized spacial score (nSPS) is 10.9. The average molecular weight is 389 g/mol. The Kier molecular flexibility index (Phi) is 4.59. The lowest BCUT2D eigenvalue weighted by molar-refractivity contribution is 0.0995. The van der Waals surface area contributed by atoms with Gasteiger partial charge in [0.25, 0.3) is 11.8 Å². The Hall–Kier alpha value is -3.94. The number of amides is 2. The van der Waals surface area contributed by atoms with Gasteiger partial charge in [-0.3, -0.25) is 14.3 Å². The third kappa shape index (κ3) is 3.60. The van der Waals surface area contributed by atoms with Crippen LogP contribution in [-0.2, 0) is 7.05 Å². The maximum Gasteiger partial charge on any atom is 0.291 e. The quantitative estimate of drug-likeness (QED) is 0.554. The SMILES string of the molecule is Cc1cc(C(=O)Nc2cccc(NC(=O)c3ccco3)c2)c2c(C)nn(C)c2n1. The van der Waals surface area contributed by atoms with Crippen molar-refractivity contribution in [2.45, 2.75) is 13.8 Å². The molecule has 146 valence electrons. The van der Waals surface area contributed by atoms with Gasteiger partial charge in [-0.2, -0.15) is 5.10 Å². The van der Waals surface area contributed by atoms with Crippen LogP contribution >= 0.6 is 0 Å². The molecular weight excluding hydrogens is 370 g/mol. The van der Waals surface area contributed by atoms with E-state index in [0.29, 0.717) is 22.6 Å². The van der Waals surface area contributed by atoms with Crippen molar-refractivity contribution in [1.82, 2.24) is 14.8 Å². The van der Waals surface area contributed by atoms with E-state index in [0.717, 1.165) is 16.8 Å². The van der Waals surface area contributed by atoms with Crippen molar-refractivity contribution in [2.24, 2.45) is 7.05 Å². The van der Waals surface area contributed by atoms with Crippen LogP contribution in [-0.4, -0.2) is 26.6 Å². The molecule has 8 heteroatoms. The number of benzene rings is 1. The highest BCUT2D eigenvalue weighted by atomic mass is 16.3. The summed E-state index contributed by atoms with van der Waals surface area (Å²) in [5.74, 6) is -0.428. The third-order valence-electron chi connectivity index (χ3n) is 4.46. The second kappa shape index (κ2) is 7.23. The third-order valence-corrected chi connectivity index (χ3v) is 4.46. The summed E-state index contributed by atoms with van der Waals surface area (Å²) in [6.45, 7) is 3.68. The van der Waals surface area contributed by atoms with Gasteiger partial charge in [0.05, 0.1) is 22.9 Å². The van der Waals surface area contributed by atoms with E-state index in [9.17, 15) is 9.59 Å². The number of nitrogens with one attached hydrogen (secondary N) is 2. The molecule has 0 aliphatic rings. The predicted molar refractivity (Wildman–Crippen MR) is 109 cm³/mol. The van der Waals surface area contributed by atoms with Crippen LogP contribution in [0.1, 0.15) is 32.3 Å². The van der Waals surface area contributed by atoms with Crippen LogP contribution in [0.3, 0.4) is 0 Å². The molecule has 4 aromatic rings. The molecule has 0 saturated heterocycles. The van der Waals surface area contributed by atoms with Crippen molar-refractivity contribution in [3.8, 4) is 0 Å². The highest BCUT2D eigenvalue weighted by Gasteiger charge is 2.18. The van der Waals surface area contributed by atoms with Crippen molar-refractivity contribution < 1.29 is 14.0 Å². The highest BCUT2D eigenvalue weighted by Crippen LogP contribution is 2.23. The van der Waals surface area contributed by atoms with E-state index in [1.165, 1.54) is 6.26 Å². The van der Waals surface area contributed by atoms with Crippen molar-refractivity contribution in [3.63, 3.8) is 0 Å². The number of aryl methyl sites for hydroxylation is 3. The van der Waals surface area contributed by atoms with Crippen molar-refractivity contribution in [1.29, 1.82) is 0 Å². The summed E-state index contributed by atoms with van der Waals surface area (Å²) >= 11 is 0. The van der Waals surface area contributed by atoms with Gasteiger partial charge in [-0.15, -0.1) is 0 Å². The van der Waals surface area contributed by atoms with Crippen LogP contribution in [0.15, 0.2) is 53.1 Å². The van der Waals surface area contributed by atoms with E-state index in [1.54, 1.807) is 54.2 Å². The molecule has 0 bridgehead atoms. The fourth-order valence-corrected chi connectivity index (χ4v) is 3.22. The minimum atomic E-state index is -0.365. The number of carbonyl (C=O) groups is 2. The van der Waals surface area contributed by atoms with E-state index < -0.39 is 0 Å². The Bertz CT molecular complexity index is 1220. The molecule has 8 nitrogen and oxygen atoms in total. The summed E-state index contributed by atoms with van der Waals surface area (Å²) in [7, 11) is 1.80. The number of fused-ring (bicyclic) bond motifs is 1. The number of hydrogen-bond donors (Lipinski definition) is 2. The first-order valence-corrected chi connectivity index (χ1v) is 8.99. The number of aromatic nitrogens is 3. The van der Waals surface area contributed by atoms with Gasteiger partial charge in [-0.05, 0) is 50.2 Å². The van der Waals surface area contributed by atoms with Crippen LogP contribution in [0.4, 0.5) is 11.4 Å². The van der Waals surface area contributed by atoms with Gasteiger partial charge in [0, 0.05) is 24.1 Å².